The van der Waals surface area contributed by atoms with E-state index in [1.54, 1.807) is 29.2 Å². The van der Waals surface area contributed by atoms with E-state index in [2.05, 4.69) is 41.5 Å². The molecule has 2 N–H and O–H groups in total. The van der Waals surface area contributed by atoms with Crippen LogP contribution in [-0.2, 0) is 0 Å². The van der Waals surface area contributed by atoms with Gasteiger partial charge < -0.3 is 10.6 Å². The van der Waals surface area contributed by atoms with Gasteiger partial charge in [-0.05, 0) is 42.5 Å². The highest BCUT2D eigenvalue weighted by Gasteiger charge is 2.07. The molecule has 4 rings (SSSR count). The quantitative estimate of drug-likeness (QED) is 0.485. The molecule has 0 unspecified atom stereocenters. The Kier molecular flexibility index (Phi) is 5.11. The van der Waals surface area contributed by atoms with E-state index in [0.717, 1.165) is 10.2 Å². The maximum atomic E-state index is 12.3. The Morgan fingerprint density at radius 3 is 2.57 bits per heavy atom. The van der Waals surface area contributed by atoms with Gasteiger partial charge in [0.15, 0.2) is 0 Å². The van der Waals surface area contributed by atoms with E-state index in [4.69, 9.17) is 0 Å². The number of hydrogen-bond acceptors (Lipinski definition) is 5. The molecule has 0 radical (unpaired) electrons. The van der Waals surface area contributed by atoms with Crippen molar-refractivity contribution in [3.8, 4) is 5.82 Å². The van der Waals surface area contributed by atoms with Crippen molar-refractivity contribution in [2.24, 2.45) is 0 Å². The first-order chi connectivity index (χ1) is 13.7. The van der Waals surface area contributed by atoms with E-state index < -0.39 is 0 Å². The molecule has 2 aromatic carbocycles. The van der Waals surface area contributed by atoms with E-state index >= 15 is 0 Å². The fraction of sp³-hybridized carbons (Fsp3) is 0. The van der Waals surface area contributed by atoms with Crippen molar-refractivity contribution in [2.75, 3.05) is 10.6 Å². The van der Waals surface area contributed by atoms with Crippen molar-refractivity contribution in [3.05, 3.63) is 89.7 Å². The van der Waals surface area contributed by atoms with Gasteiger partial charge in [-0.15, -0.1) is 0 Å². The Hall–Kier alpha value is -3.52. The van der Waals surface area contributed by atoms with Gasteiger partial charge in [-0.1, -0.05) is 22.0 Å². The predicted molar refractivity (Wildman–Crippen MR) is 111 cm³/mol. The second-order valence-electron chi connectivity index (χ2n) is 5.90. The molecule has 7 nitrogen and oxygen atoms in total. The molecule has 0 saturated carbocycles. The van der Waals surface area contributed by atoms with Gasteiger partial charge in [0.1, 0.15) is 24.3 Å². The molecule has 2 aromatic heterocycles. The largest absolute Gasteiger partial charge is 0.340 e. The number of benzene rings is 2. The van der Waals surface area contributed by atoms with E-state index in [1.807, 2.05) is 48.7 Å². The lowest BCUT2D eigenvalue weighted by atomic mass is 10.2. The molecule has 0 spiro atoms. The fourth-order valence-corrected chi connectivity index (χ4v) is 2.97. The summed E-state index contributed by atoms with van der Waals surface area (Å²) in [6, 6.07) is 16.5. The van der Waals surface area contributed by atoms with Crippen LogP contribution in [0.4, 0.5) is 17.2 Å². The van der Waals surface area contributed by atoms with Crippen LogP contribution in [0.3, 0.4) is 0 Å². The molecule has 4 aromatic rings. The second kappa shape index (κ2) is 8.01. The summed E-state index contributed by atoms with van der Waals surface area (Å²) in [5, 5.41) is 6.10. The predicted octanol–water partition coefficient (Wildman–Crippen LogP) is 4.42. The molecule has 0 saturated heterocycles. The van der Waals surface area contributed by atoms with E-state index in [0.29, 0.717) is 22.9 Å². The van der Waals surface area contributed by atoms with Crippen LogP contribution in [-0.4, -0.2) is 25.4 Å². The number of imidazole rings is 1. The van der Waals surface area contributed by atoms with E-state index in [1.165, 1.54) is 6.33 Å². The third-order valence-corrected chi connectivity index (χ3v) is 4.42. The number of rotatable bonds is 5. The van der Waals surface area contributed by atoms with Crippen molar-refractivity contribution < 1.29 is 4.79 Å². The third-order valence-electron chi connectivity index (χ3n) is 3.92. The number of aromatic nitrogens is 4. The average Bonchev–Trinajstić information content (AvgIpc) is 3.25. The van der Waals surface area contributed by atoms with Gasteiger partial charge >= 0.3 is 0 Å². The van der Waals surface area contributed by atoms with Crippen LogP contribution < -0.4 is 10.6 Å². The Labute approximate surface area is 169 Å². The first kappa shape index (κ1) is 17.9. The molecule has 1 amide bonds. The molecule has 28 heavy (non-hydrogen) atoms. The summed E-state index contributed by atoms with van der Waals surface area (Å²) in [5.74, 6) is 1.21. The fourth-order valence-electron chi connectivity index (χ4n) is 2.57. The maximum Gasteiger partial charge on any atom is 0.255 e. The highest BCUT2D eigenvalue weighted by atomic mass is 79.9. The summed E-state index contributed by atoms with van der Waals surface area (Å²) in [6.45, 7) is 0. The number of amides is 1. The van der Waals surface area contributed by atoms with Crippen LogP contribution in [0, 0.1) is 0 Å². The average molecular weight is 435 g/mol. The Morgan fingerprint density at radius 1 is 1.00 bits per heavy atom. The summed E-state index contributed by atoms with van der Waals surface area (Å²) in [7, 11) is 0. The van der Waals surface area contributed by atoms with Gasteiger partial charge in [-0.2, -0.15) is 0 Å². The van der Waals surface area contributed by atoms with Crippen molar-refractivity contribution in [1.82, 2.24) is 19.5 Å². The van der Waals surface area contributed by atoms with Crippen molar-refractivity contribution >= 4 is 39.0 Å². The van der Waals surface area contributed by atoms with E-state index in [9.17, 15) is 4.79 Å². The number of nitrogens with one attached hydrogen (secondary N) is 2. The zero-order chi connectivity index (χ0) is 19.3. The van der Waals surface area contributed by atoms with Crippen LogP contribution in [0.5, 0.6) is 0 Å². The van der Waals surface area contributed by atoms with Crippen LogP contribution in [0.1, 0.15) is 10.4 Å². The lowest BCUT2D eigenvalue weighted by molar-refractivity contribution is 0.102. The highest BCUT2D eigenvalue weighted by molar-refractivity contribution is 9.10. The molecule has 0 bridgehead atoms. The van der Waals surface area contributed by atoms with Crippen LogP contribution >= 0.6 is 15.9 Å². The Balaban J connectivity index is 1.44. The first-order valence-electron chi connectivity index (χ1n) is 8.42. The zero-order valence-corrected chi connectivity index (χ0v) is 16.2. The first-order valence-corrected chi connectivity index (χ1v) is 9.21. The molecule has 2 heterocycles. The van der Waals surface area contributed by atoms with Crippen LogP contribution in [0.15, 0.2) is 84.1 Å². The Morgan fingerprint density at radius 2 is 1.82 bits per heavy atom. The van der Waals surface area contributed by atoms with Gasteiger partial charge in [-0.3, -0.25) is 9.36 Å². The van der Waals surface area contributed by atoms with Crippen LogP contribution in [0.25, 0.3) is 5.82 Å². The molecule has 0 fully saturated rings. The molecule has 0 aliphatic rings. The number of halogens is 1. The topological polar surface area (TPSA) is 84.7 Å². The summed E-state index contributed by atoms with van der Waals surface area (Å²) in [4.78, 5) is 24.8. The molecular weight excluding hydrogens is 420 g/mol. The molecule has 138 valence electrons. The number of anilines is 3. The highest BCUT2D eigenvalue weighted by Crippen LogP contribution is 2.19. The monoisotopic (exact) mass is 434 g/mol. The molecule has 0 atom stereocenters. The number of carbonyl (C=O) groups is 1. The summed E-state index contributed by atoms with van der Waals surface area (Å²) in [5.41, 5.74) is 2.14. The van der Waals surface area contributed by atoms with Crippen molar-refractivity contribution in [2.45, 2.75) is 0 Å². The zero-order valence-electron chi connectivity index (χ0n) is 14.6. The van der Waals surface area contributed by atoms with Gasteiger partial charge in [0.05, 0.1) is 0 Å². The molecule has 0 aliphatic carbocycles. The number of nitrogens with zero attached hydrogens (tertiary/aromatic N) is 4. The number of carbonyl (C=O) groups excluding carboxylic acids is 1. The van der Waals surface area contributed by atoms with Gasteiger partial charge in [0.2, 0.25) is 0 Å². The minimum absolute atomic E-state index is 0.164. The minimum Gasteiger partial charge on any atom is -0.340 e. The normalized spacial score (nSPS) is 10.5. The standard InChI is InChI=1S/C20H15BrN6O/c21-15-3-1-2-14(10-15)20(28)26-17-6-4-16(5-7-17)25-18-11-19(24-12-23-18)27-9-8-22-13-27/h1-13H,(H,26,28)(H,23,24,25). The summed E-state index contributed by atoms with van der Waals surface area (Å²) in [6.07, 6.45) is 6.67. The van der Waals surface area contributed by atoms with Gasteiger partial charge in [-0.25, -0.2) is 15.0 Å². The van der Waals surface area contributed by atoms with E-state index in [-0.39, 0.29) is 5.91 Å². The summed E-state index contributed by atoms with van der Waals surface area (Å²) >= 11 is 3.37. The van der Waals surface area contributed by atoms with Crippen molar-refractivity contribution in [1.29, 1.82) is 0 Å². The van der Waals surface area contributed by atoms with Crippen molar-refractivity contribution in [3.63, 3.8) is 0 Å². The molecular formula is C20H15BrN6O. The Bertz CT molecular complexity index is 1100. The third kappa shape index (κ3) is 4.24. The molecule has 0 aliphatic heterocycles. The maximum absolute atomic E-state index is 12.3. The molecule has 8 heteroatoms. The van der Waals surface area contributed by atoms with Gasteiger partial charge in [0.25, 0.3) is 5.91 Å². The number of hydrogen-bond donors (Lipinski definition) is 2. The SMILES string of the molecule is O=C(Nc1ccc(Nc2cc(-n3ccnc3)ncn2)cc1)c1cccc(Br)c1. The van der Waals surface area contributed by atoms with Gasteiger partial charge in [0, 0.05) is 39.9 Å². The lowest BCUT2D eigenvalue weighted by Gasteiger charge is -2.09. The smallest absolute Gasteiger partial charge is 0.255 e. The second-order valence-corrected chi connectivity index (χ2v) is 6.81. The summed E-state index contributed by atoms with van der Waals surface area (Å²) < 4.78 is 2.66. The minimum atomic E-state index is -0.164. The lowest BCUT2D eigenvalue weighted by Crippen LogP contribution is -2.11. The van der Waals surface area contributed by atoms with Crippen LogP contribution in [0.2, 0.25) is 0 Å².